The Hall–Kier alpha value is -2.56. The monoisotopic (exact) mass is 289 g/mol. The molecule has 0 bridgehead atoms. The number of ether oxygens (including phenoxy) is 1. The van der Waals surface area contributed by atoms with Gasteiger partial charge < -0.3 is 15.2 Å². The first kappa shape index (κ1) is 14.8. The van der Waals surface area contributed by atoms with Crippen LogP contribution in [0, 0.1) is 12.7 Å². The molecule has 0 saturated carbocycles. The summed E-state index contributed by atoms with van der Waals surface area (Å²) >= 11 is 0. The van der Waals surface area contributed by atoms with Gasteiger partial charge in [0.25, 0.3) is 0 Å². The van der Waals surface area contributed by atoms with Crippen molar-refractivity contribution in [3.05, 3.63) is 59.4 Å². The summed E-state index contributed by atoms with van der Waals surface area (Å²) in [6.45, 7) is 2.77. The Morgan fingerprint density at radius 1 is 1.29 bits per heavy atom. The molecule has 0 radical (unpaired) electrons. The van der Waals surface area contributed by atoms with Crippen molar-refractivity contribution in [1.82, 2.24) is 0 Å². The van der Waals surface area contributed by atoms with Gasteiger partial charge in [-0.15, -0.1) is 0 Å². The minimum absolute atomic E-state index is 0.0921. The van der Waals surface area contributed by atoms with Crippen LogP contribution in [0.5, 0.6) is 5.75 Å². The molecule has 0 aliphatic rings. The molecule has 0 spiro atoms. The summed E-state index contributed by atoms with van der Waals surface area (Å²) in [5.74, 6) is -0.986. The number of hydrogen-bond acceptors (Lipinski definition) is 3. The van der Waals surface area contributed by atoms with Crippen LogP contribution in [-0.2, 0) is 0 Å². The number of anilines is 1. The van der Waals surface area contributed by atoms with Crippen molar-refractivity contribution in [3.63, 3.8) is 0 Å². The highest BCUT2D eigenvalue weighted by Crippen LogP contribution is 2.17. The number of carboxylic acid groups (broad SMARTS) is 1. The summed E-state index contributed by atoms with van der Waals surface area (Å²) in [6, 6.07) is 11.3. The van der Waals surface area contributed by atoms with E-state index in [1.165, 1.54) is 12.1 Å². The molecule has 0 aliphatic heterocycles. The number of benzene rings is 2. The van der Waals surface area contributed by atoms with Gasteiger partial charge in [-0.3, -0.25) is 0 Å². The van der Waals surface area contributed by atoms with Gasteiger partial charge in [0.15, 0.2) is 0 Å². The van der Waals surface area contributed by atoms with E-state index >= 15 is 0 Å². The van der Waals surface area contributed by atoms with Gasteiger partial charge in [-0.05, 0) is 42.8 Å². The van der Waals surface area contributed by atoms with Crippen LogP contribution in [0.4, 0.5) is 10.1 Å². The molecule has 110 valence electrons. The Balaban J connectivity index is 1.90. The van der Waals surface area contributed by atoms with E-state index in [9.17, 15) is 9.18 Å². The van der Waals surface area contributed by atoms with Gasteiger partial charge in [-0.2, -0.15) is 0 Å². The van der Waals surface area contributed by atoms with E-state index in [2.05, 4.69) is 5.32 Å². The van der Waals surface area contributed by atoms with Gasteiger partial charge in [-0.1, -0.05) is 12.1 Å². The number of nitrogens with one attached hydrogen (secondary N) is 1. The molecular weight excluding hydrogens is 273 g/mol. The van der Waals surface area contributed by atoms with E-state index in [0.29, 0.717) is 18.8 Å². The maximum Gasteiger partial charge on any atom is 0.337 e. The molecule has 5 heteroatoms. The normalized spacial score (nSPS) is 10.2. The Morgan fingerprint density at radius 3 is 2.81 bits per heavy atom. The van der Waals surface area contributed by atoms with Gasteiger partial charge in [0.05, 0.1) is 5.56 Å². The lowest BCUT2D eigenvalue weighted by Gasteiger charge is -2.11. The summed E-state index contributed by atoms with van der Waals surface area (Å²) in [7, 11) is 0. The average molecular weight is 289 g/mol. The number of aryl methyl sites for hydroxylation is 1. The lowest BCUT2D eigenvalue weighted by atomic mass is 10.1. The van der Waals surface area contributed by atoms with Crippen molar-refractivity contribution in [2.45, 2.75) is 6.92 Å². The van der Waals surface area contributed by atoms with E-state index in [-0.39, 0.29) is 5.56 Å². The number of hydrogen-bond donors (Lipinski definition) is 2. The number of carboxylic acids is 1. The Kier molecular flexibility index (Phi) is 4.77. The van der Waals surface area contributed by atoms with Gasteiger partial charge in [-0.25, -0.2) is 9.18 Å². The molecule has 0 unspecified atom stereocenters. The molecule has 0 saturated heterocycles. The van der Waals surface area contributed by atoms with Gasteiger partial charge in [0.2, 0.25) is 0 Å². The summed E-state index contributed by atoms with van der Waals surface area (Å²) < 4.78 is 18.6. The van der Waals surface area contributed by atoms with Crippen LogP contribution in [-0.4, -0.2) is 24.2 Å². The second-order valence-corrected chi connectivity index (χ2v) is 4.59. The predicted molar refractivity (Wildman–Crippen MR) is 78.5 cm³/mol. The third-order valence-corrected chi connectivity index (χ3v) is 2.89. The minimum Gasteiger partial charge on any atom is -0.492 e. The molecular formula is C16H16FNO3. The minimum atomic E-state index is -1.17. The largest absolute Gasteiger partial charge is 0.492 e. The fourth-order valence-electron chi connectivity index (χ4n) is 1.91. The van der Waals surface area contributed by atoms with Crippen LogP contribution in [0.25, 0.3) is 0 Å². The fourth-order valence-corrected chi connectivity index (χ4v) is 1.91. The third-order valence-electron chi connectivity index (χ3n) is 2.89. The Bertz CT molecular complexity index is 643. The molecule has 0 aliphatic carbocycles. The quantitative estimate of drug-likeness (QED) is 0.801. The van der Waals surface area contributed by atoms with E-state index in [4.69, 9.17) is 9.84 Å². The van der Waals surface area contributed by atoms with Gasteiger partial charge >= 0.3 is 5.97 Å². The second kappa shape index (κ2) is 6.74. The molecule has 2 aromatic rings. The van der Waals surface area contributed by atoms with Crippen molar-refractivity contribution in [1.29, 1.82) is 0 Å². The smallest absolute Gasteiger partial charge is 0.337 e. The molecule has 0 amide bonds. The Labute approximate surface area is 122 Å². The Morgan fingerprint density at radius 2 is 2.10 bits per heavy atom. The highest BCUT2D eigenvalue weighted by atomic mass is 19.1. The molecule has 0 aromatic heterocycles. The number of rotatable bonds is 6. The molecule has 2 rings (SSSR count). The van der Waals surface area contributed by atoms with Crippen LogP contribution in [0.1, 0.15) is 15.9 Å². The number of aromatic carboxylic acids is 1. The average Bonchev–Trinajstić information content (AvgIpc) is 2.44. The topological polar surface area (TPSA) is 58.6 Å². The second-order valence-electron chi connectivity index (χ2n) is 4.59. The lowest BCUT2D eigenvalue weighted by molar-refractivity contribution is 0.0697. The highest BCUT2D eigenvalue weighted by molar-refractivity contribution is 5.94. The zero-order chi connectivity index (χ0) is 15.2. The molecule has 21 heavy (non-hydrogen) atoms. The number of carbonyl (C=O) groups is 1. The molecule has 2 N–H and O–H groups in total. The van der Waals surface area contributed by atoms with Crippen molar-refractivity contribution in [2.75, 3.05) is 18.5 Å². The predicted octanol–water partition coefficient (Wildman–Crippen LogP) is 3.32. The fraction of sp³-hybridized carbons (Fsp3) is 0.188. The molecule has 0 fully saturated rings. The SMILES string of the molecule is Cc1cccc(OCCNc2ccc(F)cc2C(=O)O)c1. The van der Waals surface area contributed by atoms with Crippen LogP contribution in [0.2, 0.25) is 0 Å². The van der Waals surface area contributed by atoms with Crippen molar-refractivity contribution < 1.29 is 19.0 Å². The summed E-state index contributed by atoms with van der Waals surface area (Å²) in [6.07, 6.45) is 0. The van der Waals surface area contributed by atoms with Crippen molar-refractivity contribution in [2.24, 2.45) is 0 Å². The zero-order valence-corrected chi connectivity index (χ0v) is 11.6. The maximum absolute atomic E-state index is 13.0. The van der Waals surface area contributed by atoms with Crippen molar-refractivity contribution >= 4 is 11.7 Å². The number of halogens is 1. The van der Waals surface area contributed by atoms with Gasteiger partial charge in [0, 0.05) is 12.2 Å². The summed E-state index contributed by atoms with van der Waals surface area (Å²) in [4.78, 5) is 11.0. The molecule has 2 aromatic carbocycles. The molecule has 4 nitrogen and oxygen atoms in total. The van der Waals surface area contributed by atoms with E-state index in [0.717, 1.165) is 17.4 Å². The van der Waals surface area contributed by atoms with E-state index in [1.54, 1.807) is 0 Å². The first-order valence-electron chi connectivity index (χ1n) is 6.52. The first-order valence-corrected chi connectivity index (χ1v) is 6.52. The van der Waals surface area contributed by atoms with Crippen LogP contribution in [0.3, 0.4) is 0 Å². The summed E-state index contributed by atoms with van der Waals surface area (Å²) in [5.41, 5.74) is 1.38. The lowest BCUT2D eigenvalue weighted by Crippen LogP contribution is -2.14. The van der Waals surface area contributed by atoms with Crippen molar-refractivity contribution in [3.8, 4) is 5.75 Å². The highest BCUT2D eigenvalue weighted by Gasteiger charge is 2.10. The van der Waals surface area contributed by atoms with Crippen LogP contribution >= 0.6 is 0 Å². The maximum atomic E-state index is 13.0. The van der Waals surface area contributed by atoms with Crippen LogP contribution < -0.4 is 10.1 Å². The molecule has 0 heterocycles. The third kappa shape index (κ3) is 4.21. The van der Waals surface area contributed by atoms with E-state index in [1.807, 2.05) is 31.2 Å². The zero-order valence-electron chi connectivity index (χ0n) is 11.6. The van der Waals surface area contributed by atoms with Gasteiger partial charge in [0.1, 0.15) is 18.2 Å². The first-order chi connectivity index (χ1) is 10.1. The molecule has 0 atom stereocenters. The van der Waals surface area contributed by atoms with E-state index < -0.39 is 11.8 Å². The summed E-state index contributed by atoms with van der Waals surface area (Å²) in [5, 5.41) is 12.0. The van der Waals surface area contributed by atoms with Crippen LogP contribution in [0.15, 0.2) is 42.5 Å². The standard InChI is InChI=1S/C16H16FNO3/c1-11-3-2-4-13(9-11)21-8-7-18-15-6-5-12(17)10-14(15)16(19)20/h2-6,9-10,18H,7-8H2,1H3,(H,19,20).